The fourth-order valence-corrected chi connectivity index (χ4v) is 2.10. The number of carboxylic acids is 1. The number of carbonyl (C=O) groups is 1. The van der Waals surface area contributed by atoms with Gasteiger partial charge in [-0.2, -0.15) is 9.97 Å². The van der Waals surface area contributed by atoms with Gasteiger partial charge in [0.25, 0.3) is 5.56 Å². The first-order chi connectivity index (χ1) is 11.5. The number of nitrogens with two attached hydrogens (primary N) is 1. The van der Waals surface area contributed by atoms with Crippen LogP contribution in [-0.2, 0) is 18.4 Å². The molecule has 0 fully saturated rings. The molecule has 2 rings (SSSR count). The van der Waals surface area contributed by atoms with Crippen LogP contribution >= 0.6 is 0 Å². The van der Waals surface area contributed by atoms with Crippen LogP contribution in [0.15, 0.2) is 4.79 Å². The predicted octanol–water partition coefficient (Wildman–Crippen LogP) is -0.980. The standard InChI is InChI=1S/C14H19N7O3/c1-3-4-7-21-10-11(19-14(21)16-6-5-15)18-13(17-8-9(22)23)20(2)12(10)24/h5-8,15H2,1-2H3,(H,16,19)(H,17,18)(H,22,23). The molecule has 0 aliphatic rings. The molecular weight excluding hydrogens is 314 g/mol. The van der Waals surface area contributed by atoms with Crippen molar-refractivity contribution in [1.29, 1.82) is 0 Å². The first kappa shape index (κ1) is 17.3. The SMILES string of the molecule is CC#CCn1c(NCCN)nc2nc(NCC(=O)O)n(C)c(=O)c21. The zero-order chi connectivity index (χ0) is 17.7. The van der Waals surface area contributed by atoms with Crippen molar-refractivity contribution in [2.75, 3.05) is 30.3 Å². The third kappa shape index (κ3) is 3.47. The molecule has 2 aromatic heterocycles. The molecule has 0 aliphatic carbocycles. The first-order valence-electron chi connectivity index (χ1n) is 7.26. The minimum Gasteiger partial charge on any atom is -0.480 e. The summed E-state index contributed by atoms with van der Waals surface area (Å²) in [6.45, 7) is 2.51. The fraction of sp³-hybridized carbons (Fsp3) is 0.429. The van der Waals surface area contributed by atoms with E-state index in [-0.39, 0.29) is 30.2 Å². The average Bonchev–Trinajstić information content (AvgIpc) is 2.90. The van der Waals surface area contributed by atoms with Gasteiger partial charge < -0.3 is 21.5 Å². The summed E-state index contributed by atoms with van der Waals surface area (Å²) in [5.74, 6) is 5.18. The first-order valence-corrected chi connectivity index (χ1v) is 7.26. The monoisotopic (exact) mass is 333 g/mol. The van der Waals surface area contributed by atoms with E-state index in [1.54, 1.807) is 11.5 Å². The normalized spacial score (nSPS) is 10.3. The number of aromatic nitrogens is 4. The van der Waals surface area contributed by atoms with Crippen molar-refractivity contribution in [2.24, 2.45) is 12.8 Å². The molecule has 0 atom stereocenters. The molecule has 0 spiro atoms. The largest absolute Gasteiger partial charge is 0.480 e. The second kappa shape index (κ2) is 7.47. The van der Waals surface area contributed by atoms with Gasteiger partial charge in [-0.25, -0.2) is 0 Å². The highest BCUT2D eigenvalue weighted by molar-refractivity contribution is 5.76. The molecule has 24 heavy (non-hydrogen) atoms. The second-order valence-electron chi connectivity index (χ2n) is 4.88. The van der Waals surface area contributed by atoms with Crippen LogP contribution in [0.25, 0.3) is 11.2 Å². The number of carboxylic acid groups (broad SMARTS) is 1. The quantitative estimate of drug-likeness (QED) is 0.474. The minimum atomic E-state index is -1.06. The lowest BCUT2D eigenvalue weighted by molar-refractivity contribution is -0.134. The molecule has 0 radical (unpaired) electrons. The molecule has 0 saturated heterocycles. The van der Waals surface area contributed by atoms with Crippen molar-refractivity contribution in [3.8, 4) is 11.8 Å². The third-order valence-electron chi connectivity index (χ3n) is 3.23. The Labute approximate surface area is 137 Å². The Morgan fingerprint density at radius 3 is 2.67 bits per heavy atom. The summed E-state index contributed by atoms with van der Waals surface area (Å²) in [7, 11) is 1.51. The average molecular weight is 333 g/mol. The molecule has 10 heteroatoms. The summed E-state index contributed by atoms with van der Waals surface area (Å²) in [5.41, 5.74) is 5.65. The third-order valence-corrected chi connectivity index (χ3v) is 3.23. The van der Waals surface area contributed by atoms with Gasteiger partial charge in [-0.1, -0.05) is 5.92 Å². The van der Waals surface area contributed by atoms with Gasteiger partial charge in [-0.05, 0) is 6.92 Å². The topological polar surface area (TPSA) is 140 Å². The molecule has 0 saturated carbocycles. The van der Waals surface area contributed by atoms with E-state index in [1.165, 1.54) is 11.6 Å². The number of hydrogen-bond acceptors (Lipinski definition) is 7. The van der Waals surface area contributed by atoms with Crippen molar-refractivity contribution < 1.29 is 9.90 Å². The van der Waals surface area contributed by atoms with E-state index in [4.69, 9.17) is 10.8 Å². The number of nitrogens with one attached hydrogen (secondary N) is 2. The van der Waals surface area contributed by atoms with E-state index < -0.39 is 5.97 Å². The summed E-state index contributed by atoms with van der Waals surface area (Å²) in [6.07, 6.45) is 0. The Balaban J connectivity index is 2.59. The van der Waals surface area contributed by atoms with E-state index in [0.29, 0.717) is 24.6 Å². The van der Waals surface area contributed by atoms with Crippen molar-refractivity contribution in [1.82, 2.24) is 19.1 Å². The molecule has 0 aliphatic heterocycles. The molecule has 0 bridgehead atoms. The van der Waals surface area contributed by atoms with Crippen LogP contribution in [0.5, 0.6) is 0 Å². The zero-order valence-corrected chi connectivity index (χ0v) is 13.5. The Bertz CT molecular complexity index is 872. The number of imidazole rings is 1. The second-order valence-corrected chi connectivity index (χ2v) is 4.88. The lowest BCUT2D eigenvalue weighted by atomic mass is 10.4. The van der Waals surface area contributed by atoms with Crippen LogP contribution in [-0.4, -0.2) is 49.8 Å². The number of fused-ring (bicyclic) bond motifs is 1. The molecule has 0 aromatic carbocycles. The Morgan fingerprint density at radius 1 is 1.33 bits per heavy atom. The van der Waals surface area contributed by atoms with Crippen molar-refractivity contribution in [2.45, 2.75) is 13.5 Å². The maximum absolute atomic E-state index is 12.6. The molecule has 2 aromatic rings. The van der Waals surface area contributed by atoms with Crippen molar-refractivity contribution >= 4 is 29.0 Å². The van der Waals surface area contributed by atoms with Gasteiger partial charge in [-0.15, -0.1) is 5.92 Å². The molecule has 10 nitrogen and oxygen atoms in total. The number of aliphatic carboxylic acids is 1. The van der Waals surface area contributed by atoms with Crippen LogP contribution in [0.4, 0.5) is 11.9 Å². The number of anilines is 2. The van der Waals surface area contributed by atoms with Crippen LogP contribution in [0.3, 0.4) is 0 Å². The van der Waals surface area contributed by atoms with Crippen molar-refractivity contribution in [3.63, 3.8) is 0 Å². The van der Waals surface area contributed by atoms with Gasteiger partial charge in [-0.3, -0.25) is 18.7 Å². The number of nitrogens with zero attached hydrogens (tertiary/aromatic N) is 4. The summed E-state index contributed by atoms with van der Waals surface area (Å²) in [4.78, 5) is 31.9. The van der Waals surface area contributed by atoms with Gasteiger partial charge in [0.2, 0.25) is 11.9 Å². The van der Waals surface area contributed by atoms with E-state index in [2.05, 4.69) is 32.4 Å². The van der Waals surface area contributed by atoms with Gasteiger partial charge in [0, 0.05) is 20.1 Å². The Hall–Kier alpha value is -3.06. The van der Waals surface area contributed by atoms with Crippen molar-refractivity contribution in [3.05, 3.63) is 10.4 Å². The molecular formula is C14H19N7O3. The summed E-state index contributed by atoms with van der Waals surface area (Å²) in [6, 6.07) is 0. The minimum absolute atomic E-state index is 0.131. The van der Waals surface area contributed by atoms with Gasteiger partial charge in [0.05, 0.1) is 6.54 Å². The highest BCUT2D eigenvalue weighted by atomic mass is 16.4. The Kier molecular flexibility index (Phi) is 5.39. The predicted molar refractivity (Wildman–Crippen MR) is 89.9 cm³/mol. The fourth-order valence-electron chi connectivity index (χ4n) is 2.10. The van der Waals surface area contributed by atoms with E-state index in [9.17, 15) is 9.59 Å². The maximum atomic E-state index is 12.6. The Morgan fingerprint density at radius 2 is 2.04 bits per heavy atom. The molecule has 128 valence electrons. The highest BCUT2D eigenvalue weighted by Gasteiger charge is 2.18. The van der Waals surface area contributed by atoms with Gasteiger partial charge >= 0.3 is 5.97 Å². The molecule has 0 unspecified atom stereocenters. The van der Waals surface area contributed by atoms with E-state index in [1.807, 2.05) is 0 Å². The summed E-state index contributed by atoms with van der Waals surface area (Å²) >= 11 is 0. The van der Waals surface area contributed by atoms with Gasteiger partial charge in [0.15, 0.2) is 11.2 Å². The van der Waals surface area contributed by atoms with Crippen LogP contribution in [0.1, 0.15) is 6.92 Å². The van der Waals surface area contributed by atoms with E-state index in [0.717, 1.165) is 0 Å². The maximum Gasteiger partial charge on any atom is 0.322 e. The molecule has 0 amide bonds. The zero-order valence-electron chi connectivity index (χ0n) is 13.5. The van der Waals surface area contributed by atoms with Crippen LogP contribution in [0, 0.1) is 11.8 Å². The summed E-state index contributed by atoms with van der Waals surface area (Å²) < 4.78 is 2.88. The highest BCUT2D eigenvalue weighted by Crippen LogP contribution is 2.16. The lowest BCUT2D eigenvalue weighted by Crippen LogP contribution is -2.26. The summed E-state index contributed by atoms with van der Waals surface area (Å²) in [5, 5.41) is 14.4. The molecule has 2 heterocycles. The smallest absolute Gasteiger partial charge is 0.322 e. The lowest BCUT2D eigenvalue weighted by Gasteiger charge is -2.09. The van der Waals surface area contributed by atoms with Crippen LogP contribution < -0.4 is 21.9 Å². The number of hydrogen-bond donors (Lipinski definition) is 4. The van der Waals surface area contributed by atoms with Gasteiger partial charge in [0.1, 0.15) is 6.54 Å². The van der Waals surface area contributed by atoms with Crippen LogP contribution in [0.2, 0.25) is 0 Å². The number of rotatable bonds is 7. The molecule has 5 N–H and O–H groups in total. The van der Waals surface area contributed by atoms with E-state index >= 15 is 0 Å².